The number of carbonyl (C=O) groups excluding carboxylic acids is 1. The highest BCUT2D eigenvalue weighted by Crippen LogP contribution is 2.25. The van der Waals surface area contributed by atoms with Crippen LogP contribution >= 0.6 is 0 Å². The Kier molecular flexibility index (Phi) is 8.26. The number of primary amides is 1. The summed E-state index contributed by atoms with van der Waals surface area (Å²) < 4.78 is 16.4. The second-order valence-electron chi connectivity index (χ2n) is 6.41. The minimum atomic E-state index is -1.49. The Bertz CT molecular complexity index is 579. The van der Waals surface area contributed by atoms with Crippen LogP contribution in [-0.4, -0.2) is 70.3 Å². The molecule has 1 aromatic rings. The number of hydrogen-bond donors (Lipinski definition) is 5. The van der Waals surface area contributed by atoms with Gasteiger partial charge in [-0.05, 0) is 43.5 Å². The molecule has 0 spiro atoms. The predicted octanol–water partition coefficient (Wildman–Crippen LogP) is -0.710. The molecule has 0 bridgehead atoms. The van der Waals surface area contributed by atoms with E-state index in [9.17, 15) is 25.2 Å². The zero-order chi connectivity index (χ0) is 19.8. The van der Waals surface area contributed by atoms with Gasteiger partial charge in [-0.25, -0.2) is 0 Å². The number of unbranched alkanes of at least 4 members (excludes halogenated alkanes) is 2. The fourth-order valence-electron chi connectivity index (χ4n) is 2.68. The maximum Gasteiger partial charge on any atom is 0.229 e. The largest absolute Gasteiger partial charge is 0.494 e. The van der Waals surface area contributed by atoms with Gasteiger partial charge in [0.25, 0.3) is 0 Å². The first-order valence-electron chi connectivity index (χ1n) is 8.90. The summed E-state index contributed by atoms with van der Waals surface area (Å²) in [4.78, 5) is 10.6. The van der Waals surface area contributed by atoms with E-state index in [0.29, 0.717) is 24.5 Å². The van der Waals surface area contributed by atoms with Crippen molar-refractivity contribution in [3.05, 3.63) is 24.3 Å². The first-order valence-corrected chi connectivity index (χ1v) is 8.90. The molecule has 0 aromatic heterocycles. The Morgan fingerprint density at radius 2 is 1.67 bits per heavy atom. The molecule has 9 nitrogen and oxygen atoms in total. The van der Waals surface area contributed by atoms with E-state index in [-0.39, 0.29) is 5.91 Å². The lowest BCUT2D eigenvalue weighted by atomic mass is 9.99. The molecule has 1 aromatic carbocycles. The van der Waals surface area contributed by atoms with E-state index in [1.54, 1.807) is 24.3 Å². The van der Waals surface area contributed by atoms with Crippen LogP contribution in [0.3, 0.4) is 0 Å². The molecule has 5 atom stereocenters. The van der Waals surface area contributed by atoms with Crippen LogP contribution in [0, 0.1) is 0 Å². The summed E-state index contributed by atoms with van der Waals surface area (Å²) in [7, 11) is 0. The van der Waals surface area contributed by atoms with Crippen molar-refractivity contribution in [2.45, 2.75) is 56.4 Å². The number of amides is 1. The van der Waals surface area contributed by atoms with Gasteiger partial charge < -0.3 is 40.4 Å². The van der Waals surface area contributed by atoms with E-state index in [1.165, 1.54) is 0 Å². The maximum absolute atomic E-state index is 10.6. The molecule has 0 radical (unpaired) electrons. The van der Waals surface area contributed by atoms with Crippen molar-refractivity contribution in [1.82, 2.24) is 0 Å². The summed E-state index contributed by atoms with van der Waals surface area (Å²) >= 11 is 0. The van der Waals surface area contributed by atoms with Crippen LogP contribution in [0.1, 0.15) is 25.7 Å². The minimum absolute atomic E-state index is 0.300. The van der Waals surface area contributed by atoms with Gasteiger partial charge in [-0.15, -0.1) is 0 Å². The number of rotatable bonds is 10. The first-order chi connectivity index (χ1) is 12.9. The van der Waals surface area contributed by atoms with Crippen LogP contribution in [0.4, 0.5) is 0 Å². The summed E-state index contributed by atoms with van der Waals surface area (Å²) in [6.07, 6.45) is -3.85. The number of aliphatic hydroxyl groups is 4. The predicted molar refractivity (Wildman–Crippen MR) is 94.0 cm³/mol. The van der Waals surface area contributed by atoms with Crippen molar-refractivity contribution in [2.75, 3.05) is 13.2 Å². The van der Waals surface area contributed by atoms with E-state index in [4.69, 9.17) is 19.9 Å². The Balaban J connectivity index is 1.78. The van der Waals surface area contributed by atoms with Crippen molar-refractivity contribution in [1.29, 1.82) is 0 Å². The molecule has 0 aliphatic carbocycles. The molecule has 1 aliphatic rings. The molecule has 6 N–H and O–H groups in total. The zero-order valence-electron chi connectivity index (χ0n) is 14.9. The zero-order valence-corrected chi connectivity index (χ0v) is 14.9. The Morgan fingerprint density at radius 1 is 1.00 bits per heavy atom. The van der Waals surface area contributed by atoms with Crippen molar-refractivity contribution in [2.24, 2.45) is 5.73 Å². The van der Waals surface area contributed by atoms with Gasteiger partial charge in [-0.3, -0.25) is 4.79 Å². The first kappa shape index (κ1) is 21.4. The fourth-order valence-corrected chi connectivity index (χ4v) is 2.68. The van der Waals surface area contributed by atoms with E-state index in [0.717, 1.165) is 19.3 Å². The van der Waals surface area contributed by atoms with Crippen LogP contribution in [0.15, 0.2) is 24.3 Å². The summed E-state index contributed by atoms with van der Waals surface area (Å²) in [5.74, 6) is 0.699. The van der Waals surface area contributed by atoms with Gasteiger partial charge in [0.2, 0.25) is 12.2 Å². The van der Waals surface area contributed by atoms with E-state index >= 15 is 0 Å². The van der Waals surface area contributed by atoms with E-state index in [1.807, 2.05) is 0 Å². The van der Waals surface area contributed by atoms with Gasteiger partial charge in [0.1, 0.15) is 35.9 Å². The fraction of sp³-hybridized carbons (Fsp3) is 0.611. The molecule has 1 saturated heterocycles. The number of aliphatic hydroxyl groups excluding tert-OH is 4. The molecule has 1 fully saturated rings. The molecule has 1 aliphatic heterocycles. The molecule has 27 heavy (non-hydrogen) atoms. The minimum Gasteiger partial charge on any atom is -0.494 e. The van der Waals surface area contributed by atoms with Gasteiger partial charge >= 0.3 is 0 Å². The summed E-state index contributed by atoms with van der Waals surface area (Å²) in [6.45, 7) is -0.0112. The monoisotopic (exact) mass is 385 g/mol. The summed E-state index contributed by atoms with van der Waals surface area (Å²) in [6, 6.07) is 6.60. The molecular weight excluding hydrogens is 358 g/mol. The van der Waals surface area contributed by atoms with Gasteiger partial charge in [-0.2, -0.15) is 0 Å². The third-order valence-electron chi connectivity index (χ3n) is 4.26. The smallest absolute Gasteiger partial charge is 0.229 e. The lowest BCUT2D eigenvalue weighted by Crippen LogP contribution is -2.60. The topological polar surface area (TPSA) is 152 Å². The van der Waals surface area contributed by atoms with Gasteiger partial charge in [-0.1, -0.05) is 0 Å². The second kappa shape index (κ2) is 10.4. The Hall–Kier alpha value is -1.91. The van der Waals surface area contributed by atoms with Crippen LogP contribution in [0.2, 0.25) is 0 Å². The number of carbonyl (C=O) groups is 1. The van der Waals surface area contributed by atoms with Crippen LogP contribution in [0.5, 0.6) is 11.5 Å². The normalized spacial score (nSPS) is 27.9. The van der Waals surface area contributed by atoms with Crippen molar-refractivity contribution in [3.63, 3.8) is 0 Å². The molecule has 9 heteroatoms. The average molecular weight is 385 g/mol. The SMILES string of the molecule is NC(=O)CCCCCOc1ccc(OC2OC(CO)C(O)C(O)C2O)cc1. The molecule has 5 unspecified atom stereocenters. The Labute approximate surface area is 157 Å². The standard InChI is InChI=1S/C18H27NO8/c19-14(21)4-2-1-3-9-25-11-5-7-12(8-6-11)26-18-17(24)16(23)15(22)13(10-20)27-18/h5-8,13,15-18,20,22-24H,1-4,9-10H2,(H2,19,21). The highest BCUT2D eigenvalue weighted by atomic mass is 16.7. The van der Waals surface area contributed by atoms with E-state index in [2.05, 4.69) is 0 Å². The number of nitrogens with two attached hydrogens (primary N) is 1. The number of benzene rings is 1. The van der Waals surface area contributed by atoms with Crippen molar-refractivity contribution < 1.29 is 39.4 Å². The van der Waals surface area contributed by atoms with E-state index < -0.39 is 37.3 Å². The third kappa shape index (κ3) is 6.33. The molecule has 152 valence electrons. The average Bonchev–Trinajstić information content (AvgIpc) is 2.66. The maximum atomic E-state index is 10.6. The van der Waals surface area contributed by atoms with Gasteiger partial charge in [0.05, 0.1) is 13.2 Å². The highest BCUT2D eigenvalue weighted by molar-refractivity contribution is 5.73. The number of hydrogen-bond acceptors (Lipinski definition) is 8. The molecule has 1 heterocycles. The quantitative estimate of drug-likeness (QED) is 0.331. The van der Waals surface area contributed by atoms with Crippen molar-refractivity contribution in [3.8, 4) is 11.5 Å². The van der Waals surface area contributed by atoms with Crippen molar-refractivity contribution >= 4 is 5.91 Å². The third-order valence-corrected chi connectivity index (χ3v) is 4.26. The molecule has 1 amide bonds. The van der Waals surface area contributed by atoms with Gasteiger partial charge in [0.15, 0.2) is 0 Å². The summed E-state index contributed by atoms with van der Waals surface area (Å²) in [5.41, 5.74) is 5.07. The molecular formula is C18H27NO8. The lowest BCUT2D eigenvalue weighted by Gasteiger charge is -2.39. The molecule has 2 rings (SSSR count). The molecule has 0 saturated carbocycles. The lowest BCUT2D eigenvalue weighted by molar-refractivity contribution is -0.277. The second-order valence-corrected chi connectivity index (χ2v) is 6.41. The summed E-state index contributed by atoms with van der Waals surface area (Å²) in [5, 5.41) is 38.7. The van der Waals surface area contributed by atoms with Crippen LogP contribution in [0.25, 0.3) is 0 Å². The van der Waals surface area contributed by atoms with Gasteiger partial charge in [0, 0.05) is 6.42 Å². The Morgan fingerprint density at radius 3 is 2.30 bits per heavy atom. The highest BCUT2D eigenvalue weighted by Gasteiger charge is 2.44. The van der Waals surface area contributed by atoms with Crippen LogP contribution < -0.4 is 15.2 Å². The van der Waals surface area contributed by atoms with Crippen LogP contribution in [-0.2, 0) is 9.53 Å². The number of ether oxygens (including phenoxy) is 3.